The maximum absolute atomic E-state index is 12.7. The first-order valence-corrected chi connectivity index (χ1v) is 10.0. The van der Waals surface area contributed by atoms with Gasteiger partial charge in [0.2, 0.25) is 0 Å². The van der Waals surface area contributed by atoms with Crippen LogP contribution in [0.3, 0.4) is 0 Å². The van der Waals surface area contributed by atoms with Gasteiger partial charge in [-0.2, -0.15) is 0 Å². The third-order valence-electron chi connectivity index (χ3n) is 5.43. The highest BCUT2D eigenvalue weighted by molar-refractivity contribution is 5.91. The zero-order chi connectivity index (χ0) is 20.0. The monoisotopic (exact) mass is 392 g/mol. The number of rotatable bonds is 4. The number of nitrogens with zero attached hydrogens (tertiary/aromatic N) is 5. The molecule has 4 heterocycles. The van der Waals surface area contributed by atoms with Crippen LogP contribution in [-0.4, -0.2) is 51.4 Å². The summed E-state index contributed by atoms with van der Waals surface area (Å²) in [5.74, 6) is 1.55. The molecule has 0 spiro atoms. The van der Waals surface area contributed by atoms with Crippen molar-refractivity contribution in [2.24, 2.45) is 7.05 Å². The van der Waals surface area contributed by atoms with Gasteiger partial charge in [-0.15, -0.1) is 0 Å². The fourth-order valence-corrected chi connectivity index (χ4v) is 3.65. The molecule has 0 amide bonds. The molecule has 1 aliphatic carbocycles. The quantitative estimate of drug-likeness (QED) is 0.728. The lowest BCUT2D eigenvalue weighted by Gasteiger charge is -2.32. The van der Waals surface area contributed by atoms with Gasteiger partial charge in [-0.3, -0.25) is 4.79 Å². The van der Waals surface area contributed by atoms with Crippen molar-refractivity contribution in [2.45, 2.75) is 31.9 Å². The van der Waals surface area contributed by atoms with Crippen molar-refractivity contribution in [3.63, 3.8) is 0 Å². The number of nitrogens with one attached hydrogen (secondary N) is 1. The minimum Gasteiger partial charge on any atom is -0.375 e. The van der Waals surface area contributed by atoms with Crippen molar-refractivity contribution < 1.29 is 4.74 Å². The number of pyridine rings is 2. The third kappa shape index (κ3) is 3.55. The van der Waals surface area contributed by atoms with Gasteiger partial charge in [0, 0.05) is 37.9 Å². The molecule has 1 aliphatic heterocycles. The fraction of sp³-hybridized carbons (Fsp3) is 0.429. The average molecular weight is 392 g/mol. The van der Waals surface area contributed by atoms with E-state index in [-0.39, 0.29) is 11.7 Å². The van der Waals surface area contributed by atoms with E-state index in [4.69, 9.17) is 9.72 Å². The highest BCUT2D eigenvalue weighted by Gasteiger charge is 2.24. The average Bonchev–Trinajstić information content (AvgIpc) is 3.55. The third-order valence-corrected chi connectivity index (χ3v) is 5.43. The normalized spacial score (nSPS) is 19.5. The minimum atomic E-state index is -0.0906. The number of aromatic nitrogens is 4. The molecule has 8 heteroatoms. The Hall–Kier alpha value is -3.00. The number of hydrogen-bond acceptors (Lipinski definition) is 7. The summed E-state index contributed by atoms with van der Waals surface area (Å²) in [6, 6.07) is 6.29. The van der Waals surface area contributed by atoms with E-state index in [1.807, 2.05) is 24.4 Å². The molecule has 3 aromatic rings. The summed E-state index contributed by atoms with van der Waals surface area (Å²) in [6.45, 7) is 4.47. The van der Waals surface area contributed by atoms with Crippen molar-refractivity contribution in [1.29, 1.82) is 0 Å². The molecule has 1 saturated carbocycles. The molecule has 3 aromatic heterocycles. The summed E-state index contributed by atoms with van der Waals surface area (Å²) < 4.78 is 7.10. The van der Waals surface area contributed by atoms with Gasteiger partial charge in [-0.1, -0.05) is 0 Å². The zero-order valence-electron chi connectivity index (χ0n) is 16.6. The molecule has 0 aromatic carbocycles. The van der Waals surface area contributed by atoms with Gasteiger partial charge in [-0.05, 0) is 38.0 Å². The second kappa shape index (κ2) is 7.11. The predicted octanol–water partition coefficient (Wildman–Crippen LogP) is 2.19. The van der Waals surface area contributed by atoms with Crippen molar-refractivity contribution in [3.05, 3.63) is 41.1 Å². The van der Waals surface area contributed by atoms with E-state index in [1.165, 1.54) is 4.57 Å². The van der Waals surface area contributed by atoms with Crippen LogP contribution in [0, 0.1) is 0 Å². The molecule has 1 N–H and O–H groups in total. The lowest BCUT2D eigenvalue weighted by molar-refractivity contribution is 0.0529. The van der Waals surface area contributed by atoms with Gasteiger partial charge in [0.05, 0.1) is 30.2 Å². The Kier molecular flexibility index (Phi) is 4.43. The number of fused-ring (bicyclic) bond motifs is 1. The van der Waals surface area contributed by atoms with Crippen LogP contribution in [0.5, 0.6) is 0 Å². The van der Waals surface area contributed by atoms with Crippen LogP contribution in [0.4, 0.5) is 11.6 Å². The van der Waals surface area contributed by atoms with Crippen molar-refractivity contribution in [3.8, 4) is 11.3 Å². The molecule has 150 valence electrons. The first kappa shape index (κ1) is 18.1. The van der Waals surface area contributed by atoms with Crippen LogP contribution in [0.2, 0.25) is 0 Å². The Bertz CT molecular complexity index is 1110. The molecule has 1 atom stereocenters. The van der Waals surface area contributed by atoms with Gasteiger partial charge in [0.25, 0.3) is 5.56 Å². The maximum atomic E-state index is 12.7. The topological polar surface area (TPSA) is 85.2 Å². The number of aryl methyl sites for hydroxylation is 1. The van der Waals surface area contributed by atoms with Crippen molar-refractivity contribution >= 4 is 22.5 Å². The molecule has 1 saturated heterocycles. The molecular weight excluding hydrogens is 368 g/mol. The Morgan fingerprint density at radius 3 is 2.83 bits per heavy atom. The summed E-state index contributed by atoms with van der Waals surface area (Å²) in [7, 11) is 1.71. The first-order chi connectivity index (χ1) is 14.1. The summed E-state index contributed by atoms with van der Waals surface area (Å²) >= 11 is 0. The molecule has 0 bridgehead atoms. The van der Waals surface area contributed by atoms with E-state index < -0.39 is 0 Å². The number of anilines is 2. The number of hydrogen-bond donors (Lipinski definition) is 1. The van der Waals surface area contributed by atoms with Crippen molar-refractivity contribution in [1.82, 2.24) is 19.5 Å². The molecule has 29 heavy (non-hydrogen) atoms. The summed E-state index contributed by atoms with van der Waals surface area (Å²) in [6.07, 6.45) is 5.80. The van der Waals surface area contributed by atoms with Crippen molar-refractivity contribution in [2.75, 3.05) is 29.9 Å². The second-order valence-corrected chi connectivity index (χ2v) is 7.86. The number of morpholine rings is 1. The highest BCUT2D eigenvalue weighted by atomic mass is 16.5. The largest absolute Gasteiger partial charge is 0.375 e. The predicted molar refractivity (Wildman–Crippen MR) is 112 cm³/mol. The molecule has 0 radical (unpaired) electrons. The van der Waals surface area contributed by atoms with Crippen LogP contribution in [0.15, 0.2) is 35.5 Å². The lowest BCUT2D eigenvalue weighted by atomic mass is 10.1. The zero-order valence-corrected chi connectivity index (χ0v) is 16.6. The second-order valence-electron chi connectivity index (χ2n) is 7.86. The van der Waals surface area contributed by atoms with Crippen LogP contribution >= 0.6 is 0 Å². The van der Waals surface area contributed by atoms with Gasteiger partial charge in [-0.25, -0.2) is 15.0 Å². The molecule has 2 fully saturated rings. The van der Waals surface area contributed by atoms with Gasteiger partial charge in [0.1, 0.15) is 17.0 Å². The minimum absolute atomic E-state index is 0.0906. The van der Waals surface area contributed by atoms with E-state index in [2.05, 4.69) is 27.1 Å². The van der Waals surface area contributed by atoms with E-state index in [9.17, 15) is 4.79 Å². The van der Waals surface area contributed by atoms with E-state index >= 15 is 0 Å². The Morgan fingerprint density at radius 2 is 2.10 bits per heavy atom. The molecule has 1 unspecified atom stereocenters. The van der Waals surface area contributed by atoms with Gasteiger partial charge >= 0.3 is 0 Å². The summed E-state index contributed by atoms with van der Waals surface area (Å²) in [5, 5.41) is 3.94. The van der Waals surface area contributed by atoms with E-state index in [1.54, 1.807) is 13.4 Å². The summed E-state index contributed by atoms with van der Waals surface area (Å²) in [4.78, 5) is 28.8. The molecule has 5 rings (SSSR count). The van der Waals surface area contributed by atoms with Gasteiger partial charge < -0.3 is 19.5 Å². The van der Waals surface area contributed by atoms with Gasteiger partial charge in [0.15, 0.2) is 0 Å². The summed E-state index contributed by atoms with van der Waals surface area (Å²) in [5.41, 5.74) is 2.22. The first-order valence-electron chi connectivity index (χ1n) is 10.0. The maximum Gasteiger partial charge on any atom is 0.264 e. The van der Waals surface area contributed by atoms with Crippen LogP contribution in [-0.2, 0) is 11.8 Å². The Morgan fingerprint density at radius 1 is 1.24 bits per heavy atom. The Labute approximate surface area is 168 Å². The molecular formula is C21H24N6O2. The molecule has 8 nitrogen and oxygen atoms in total. The Balaban J connectivity index is 1.52. The molecule has 2 aliphatic rings. The standard InChI is InChI=1S/C21H24N6O2/c1-13-11-27(7-8-29-13)18-6-3-14(10-22-18)16-9-17-19(21(28)26(2)12-23-17)20(25-16)24-15-4-5-15/h3,6,9-10,12-13,15H,4-5,7-8,11H2,1-2H3,(H,24,25). The smallest absolute Gasteiger partial charge is 0.264 e. The SMILES string of the molecule is CC1CN(c2ccc(-c3cc4ncn(C)c(=O)c4c(NC4CC4)n3)cn2)CCO1. The highest BCUT2D eigenvalue weighted by Crippen LogP contribution is 2.30. The lowest BCUT2D eigenvalue weighted by Crippen LogP contribution is -2.41. The number of ether oxygens (including phenoxy) is 1. The van der Waals surface area contributed by atoms with Crippen LogP contribution in [0.25, 0.3) is 22.2 Å². The van der Waals surface area contributed by atoms with Crippen LogP contribution < -0.4 is 15.8 Å². The fourth-order valence-electron chi connectivity index (χ4n) is 3.65. The van der Waals surface area contributed by atoms with E-state index in [0.29, 0.717) is 29.4 Å². The van der Waals surface area contributed by atoms with E-state index in [0.717, 1.165) is 43.0 Å². The van der Waals surface area contributed by atoms with Crippen LogP contribution in [0.1, 0.15) is 19.8 Å².